The number of ether oxygens (including phenoxy) is 1. The lowest BCUT2D eigenvalue weighted by Gasteiger charge is -2.31. The van der Waals surface area contributed by atoms with Crippen LogP contribution in [0.15, 0.2) is 23.0 Å². The first-order valence-corrected chi connectivity index (χ1v) is 9.36. The molecule has 1 fully saturated rings. The first-order valence-electron chi connectivity index (χ1n) is 9.36. The number of H-pyrrole nitrogens is 1. The number of aromatic nitrogens is 2. The highest BCUT2D eigenvalue weighted by Gasteiger charge is 2.22. The van der Waals surface area contributed by atoms with Crippen LogP contribution in [0.3, 0.4) is 0 Å². The number of benzene rings is 1. The van der Waals surface area contributed by atoms with Gasteiger partial charge in [-0.25, -0.2) is 4.79 Å². The normalized spacial score (nSPS) is 15.3. The molecule has 0 radical (unpaired) electrons. The minimum Gasteiger partial charge on any atom is -0.380 e. The highest BCUT2D eigenvalue weighted by Crippen LogP contribution is 2.15. The molecule has 3 rings (SSSR count). The number of nitrogens with one attached hydrogen (secondary N) is 2. The molecule has 1 aliphatic rings. The van der Waals surface area contributed by atoms with E-state index in [1.165, 1.54) is 0 Å². The van der Waals surface area contributed by atoms with Crippen molar-refractivity contribution >= 4 is 22.8 Å². The van der Waals surface area contributed by atoms with E-state index in [0.29, 0.717) is 43.9 Å². The van der Waals surface area contributed by atoms with Crippen molar-refractivity contribution in [3.8, 4) is 0 Å². The summed E-state index contributed by atoms with van der Waals surface area (Å²) in [4.78, 5) is 40.7. The average Bonchev–Trinajstić information content (AvgIpc) is 2.97. The molecule has 2 N–H and O–H groups in total. The molecule has 2 aromatic rings. The van der Waals surface area contributed by atoms with Crippen LogP contribution in [0.4, 0.5) is 0 Å². The molecule has 8 heteroatoms. The van der Waals surface area contributed by atoms with Crippen molar-refractivity contribution in [3.63, 3.8) is 0 Å². The van der Waals surface area contributed by atoms with Gasteiger partial charge in [0.25, 0.3) is 5.91 Å². The number of rotatable bonds is 6. The maximum atomic E-state index is 12.6. The Morgan fingerprint density at radius 3 is 2.70 bits per heavy atom. The number of nitrogens with zero attached hydrogens (tertiary/aromatic N) is 2. The van der Waals surface area contributed by atoms with Crippen molar-refractivity contribution in [3.05, 3.63) is 34.2 Å². The van der Waals surface area contributed by atoms with Crippen molar-refractivity contribution in [2.24, 2.45) is 0 Å². The van der Waals surface area contributed by atoms with E-state index in [2.05, 4.69) is 10.3 Å². The summed E-state index contributed by atoms with van der Waals surface area (Å²) in [7, 11) is 0. The number of carbonyl (C=O) groups excluding carboxylic acids is 2. The number of hydrogen-bond donors (Lipinski definition) is 2. The molecule has 146 valence electrons. The lowest BCUT2D eigenvalue weighted by atomic mass is 10.0. The van der Waals surface area contributed by atoms with Crippen LogP contribution in [0.1, 0.15) is 37.0 Å². The van der Waals surface area contributed by atoms with Gasteiger partial charge in [0.05, 0.1) is 24.2 Å². The van der Waals surface area contributed by atoms with Gasteiger partial charge in [0.1, 0.15) is 0 Å². The fourth-order valence-electron chi connectivity index (χ4n) is 3.43. The van der Waals surface area contributed by atoms with Crippen molar-refractivity contribution in [1.29, 1.82) is 0 Å². The molecule has 8 nitrogen and oxygen atoms in total. The summed E-state index contributed by atoms with van der Waals surface area (Å²) >= 11 is 0. The number of fused-ring (bicyclic) bond motifs is 1. The minimum absolute atomic E-state index is 0.0543. The van der Waals surface area contributed by atoms with Crippen LogP contribution in [-0.2, 0) is 16.1 Å². The Labute approximate surface area is 157 Å². The van der Waals surface area contributed by atoms with Gasteiger partial charge >= 0.3 is 5.69 Å². The third-order valence-electron chi connectivity index (χ3n) is 4.98. The number of imidazole rings is 1. The number of hydrogen-bond acceptors (Lipinski definition) is 4. The Morgan fingerprint density at radius 1 is 1.30 bits per heavy atom. The van der Waals surface area contributed by atoms with Gasteiger partial charge in [-0.3, -0.25) is 14.2 Å². The number of likely N-dealkylation sites (tertiary alicyclic amines) is 1. The fraction of sp³-hybridized carbons (Fsp3) is 0.526. The summed E-state index contributed by atoms with van der Waals surface area (Å²) in [5.74, 6) is -0.0934. The van der Waals surface area contributed by atoms with Crippen LogP contribution < -0.4 is 11.0 Å². The SMILES string of the molecule is CCOCCn1c(=O)[nH]c2cc(C(=O)NC3CCN(C(C)=O)CC3)ccc21. The first-order chi connectivity index (χ1) is 13.0. The molecule has 0 aliphatic carbocycles. The van der Waals surface area contributed by atoms with Gasteiger partial charge in [-0.1, -0.05) is 0 Å². The second-order valence-corrected chi connectivity index (χ2v) is 6.76. The molecule has 0 spiro atoms. The van der Waals surface area contributed by atoms with E-state index in [1.807, 2.05) is 6.92 Å². The smallest absolute Gasteiger partial charge is 0.326 e. The van der Waals surface area contributed by atoms with Gasteiger partial charge in [-0.05, 0) is 38.0 Å². The second-order valence-electron chi connectivity index (χ2n) is 6.76. The summed E-state index contributed by atoms with van der Waals surface area (Å²) in [6.45, 7) is 6.33. The highest BCUT2D eigenvalue weighted by molar-refractivity contribution is 5.97. The molecule has 0 saturated carbocycles. The molecule has 1 saturated heterocycles. The summed E-state index contributed by atoms with van der Waals surface area (Å²) in [6, 6.07) is 5.27. The van der Waals surface area contributed by atoms with Crippen molar-refractivity contribution < 1.29 is 14.3 Å². The largest absolute Gasteiger partial charge is 0.380 e. The number of aromatic amines is 1. The lowest BCUT2D eigenvalue weighted by Crippen LogP contribution is -2.45. The molecule has 2 heterocycles. The molecule has 0 bridgehead atoms. The van der Waals surface area contributed by atoms with E-state index >= 15 is 0 Å². The lowest BCUT2D eigenvalue weighted by molar-refractivity contribution is -0.129. The molecule has 27 heavy (non-hydrogen) atoms. The van der Waals surface area contributed by atoms with Crippen LogP contribution in [-0.4, -0.2) is 58.6 Å². The third-order valence-corrected chi connectivity index (χ3v) is 4.98. The molecule has 1 aliphatic heterocycles. The van der Waals surface area contributed by atoms with E-state index in [-0.39, 0.29) is 23.5 Å². The third kappa shape index (κ3) is 4.39. The van der Waals surface area contributed by atoms with Gasteiger partial charge in [-0.2, -0.15) is 0 Å². The maximum Gasteiger partial charge on any atom is 0.326 e. The van der Waals surface area contributed by atoms with Crippen LogP contribution in [0, 0.1) is 0 Å². The quantitative estimate of drug-likeness (QED) is 0.740. The van der Waals surface area contributed by atoms with Crippen LogP contribution in [0.25, 0.3) is 11.0 Å². The molecule has 2 amide bonds. The Bertz CT molecular complexity index is 877. The Balaban J connectivity index is 1.67. The zero-order valence-electron chi connectivity index (χ0n) is 15.8. The highest BCUT2D eigenvalue weighted by atomic mass is 16.5. The van der Waals surface area contributed by atoms with Crippen molar-refractivity contribution in [1.82, 2.24) is 19.8 Å². The van der Waals surface area contributed by atoms with Gasteiger partial charge in [0.15, 0.2) is 0 Å². The zero-order valence-corrected chi connectivity index (χ0v) is 15.8. The number of amides is 2. The fourth-order valence-corrected chi connectivity index (χ4v) is 3.43. The summed E-state index contributed by atoms with van der Waals surface area (Å²) in [5.41, 5.74) is 1.69. The van der Waals surface area contributed by atoms with Crippen molar-refractivity contribution in [2.45, 2.75) is 39.3 Å². The molecule has 0 atom stereocenters. The molecule has 1 aromatic heterocycles. The minimum atomic E-state index is -0.209. The molecular weight excluding hydrogens is 348 g/mol. The van der Waals surface area contributed by atoms with Gasteiger partial charge in [0, 0.05) is 38.2 Å². The Morgan fingerprint density at radius 2 is 2.04 bits per heavy atom. The van der Waals surface area contributed by atoms with Gasteiger partial charge < -0.3 is 19.9 Å². The molecule has 0 unspecified atom stereocenters. The van der Waals surface area contributed by atoms with E-state index in [1.54, 1.807) is 34.6 Å². The van der Waals surface area contributed by atoms with Crippen LogP contribution in [0.2, 0.25) is 0 Å². The maximum absolute atomic E-state index is 12.6. The second kappa shape index (κ2) is 8.39. The topological polar surface area (TPSA) is 96.4 Å². The van der Waals surface area contributed by atoms with E-state index in [9.17, 15) is 14.4 Å². The Kier molecular flexibility index (Phi) is 5.95. The molecule has 1 aromatic carbocycles. The predicted molar refractivity (Wildman–Crippen MR) is 102 cm³/mol. The summed E-state index contributed by atoms with van der Waals surface area (Å²) < 4.78 is 6.93. The van der Waals surface area contributed by atoms with E-state index < -0.39 is 0 Å². The monoisotopic (exact) mass is 374 g/mol. The summed E-state index contributed by atoms with van der Waals surface area (Å²) in [6.07, 6.45) is 1.50. The average molecular weight is 374 g/mol. The standard InChI is InChI=1S/C19H26N4O4/c1-3-27-11-10-23-17-5-4-14(12-16(17)21-19(23)26)18(25)20-15-6-8-22(9-7-15)13(2)24/h4-5,12,15H,3,6-11H2,1-2H3,(H,20,25)(H,21,26). The van der Waals surface area contributed by atoms with Gasteiger partial charge in [-0.15, -0.1) is 0 Å². The van der Waals surface area contributed by atoms with Gasteiger partial charge in [0.2, 0.25) is 5.91 Å². The van der Waals surface area contributed by atoms with Crippen LogP contribution in [0.5, 0.6) is 0 Å². The zero-order chi connectivity index (χ0) is 19.4. The Hall–Kier alpha value is -2.61. The number of carbonyl (C=O) groups is 2. The summed E-state index contributed by atoms with van der Waals surface area (Å²) in [5, 5.41) is 3.03. The van der Waals surface area contributed by atoms with Crippen molar-refractivity contribution in [2.75, 3.05) is 26.3 Å². The number of piperidine rings is 1. The first kappa shape index (κ1) is 19.2. The van der Waals surface area contributed by atoms with E-state index in [0.717, 1.165) is 18.4 Å². The molecular formula is C19H26N4O4. The van der Waals surface area contributed by atoms with E-state index in [4.69, 9.17) is 4.74 Å². The van der Waals surface area contributed by atoms with Crippen LogP contribution >= 0.6 is 0 Å². The predicted octanol–water partition coefficient (Wildman–Crippen LogP) is 1.11.